The molecular weight excluding hydrogens is 376 g/mol. The number of hydrogen-bond acceptors (Lipinski definition) is 4. The van der Waals surface area contributed by atoms with Crippen LogP contribution in [0.5, 0.6) is 0 Å². The third kappa shape index (κ3) is 4.24. The number of morpholine rings is 1. The van der Waals surface area contributed by atoms with E-state index in [1.54, 1.807) is 24.3 Å². The summed E-state index contributed by atoms with van der Waals surface area (Å²) in [6, 6.07) is 12.6. The number of halogens is 1. The van der Waals surface area contributed by atoms with E-state index >= 15 is 0 Å². The highest BCUT2D eigenvalue weighted by atomic mass is 35.5. The van der Waals surface area contributed by atoms with Crippen molar-refractivity contribution >= 4 is 33.2 Å². The third-order valence-electron chi connectivity index (χ3n) is 4.06. The highest BCUT2D eigenvalue weighted by Crippen LogP contribution is 2.20. The number of carbonyl (C=O) groups excluding carboxylic acids is 1. The number of amides is 1. The average molecular weight is 395 g/mol. The fraction of sp³-hybridized carbons (Fsp3) is 0.278. The van der Waals surface area contributed by atoms with Crippen molar-refractivity contribution in [2.75, 3.05) is 25.0 Å². The monoisotopic (exact) mass is 394 g/mol. The highest BCUT2D eigenvalue weighted by molar-refractivity contribution is 7.89. The van der Waals surface area contributed by atoms with Crippen LogP contribution < -0.4 is 5.32 Å². The first-order valence-corrected chi connectivity index (χ1v) is 9.97. The minimum Gasteiger partial charge on any atom is -0.376 e. The summed E-state index contributed by atoms with van der Waals surface area (Å²) in [5.74, 6) is -0.323. The van der Waals surface area contributed by atoms with E-state index < -0.39 is 10.0 Å². The summed E-state index contributed by atoms with van der Waals surface area (Å²) in [6.07, 6.45) is -0.136. The fourth-order valence-corrected chi connectivity index (χ4v) is 4.29. The summed E-state index contributed by atoms with van der Waals surface area (Å²) in [6.45, 7) is 2.86. The molecule has 0 aliphatic carbocycles. The predicted octanol–water partition coefficient (Wildman–Crippen LogP) is 3.00. The Balaban J connectivity index is 1.73. The quantitative estimate of drug-likeness (QED) is 0.864. The van der Waals surface area contributed by atoms with Gasteiger partial charge in [-0.1, -0.05) is 11.6 Å². The van der Waals surface area contributed by atoms with Gasteiger partial charge in [0.2, 0.25) is 10.0 Å². The van der Waals surface area contributed by atoms with E-state index in [1.165, 1.54) is 28.6 Å². The number of benzene rings is 2. The first-order valence-electron chi connectivity index (χ1n) is 8.15. The second kappa shape index (κ2) is 7.75. The molecule has 0 aromatic heterocycles. The Hall–Kier alpha value is -1.93. The van der Waals surface area contributed by atoms with Gasteiger partial charge in [-0.2, -0.15) is 4.31 Å². The van der Waals surface area contributed by atoms with Crippen LogP contribution in [0.3, 0.4) is 0 Å². The molecule has 8 heteroatoms. The van der Waals surface area contributed by atoms with Crippen LogP contribution in [0.4, 0.5) is 5.69 Å². The average Bonchev–Trinajstić information content (AvgIpc) is 2.64. The van der Waals surface area contributed by atoms with Crippen molar-refractivity contribution in [3.05, 3.63) is 59.1 Å². The number of anilines is 1. The smallest absolute Gasteiger partial charge is 0.255 e. The van der Waals surface area contributed by atoms with Crippen LogP contribution in [-0.2, 0) is 14.8 Å². The number of hydrogen-bond donors (Lipinski definition) is 1. The fourth-order valence-electron chi connectivity index (χ4n) is 2.67. The van der Waals surface area contributed by atoms with Gasteiger partial charge in [0.05, 0.1) is 17.6 Å². The Morgan fingerprint density at radius 3 is 2.42 bits per heavy atom. The number of ether oxygens (including phenoxy) is 1. The van der Waals surface area contributed by atoms with Crippen LogP contribution in [0.15, 0.2) is 53.4 Å². The number of carbonyl (C=O) groups is 1. The molecule has 6 nitrogen and oxygen atoms in total. The van der Waals surface area contributed by atoms with E-state index in [2.05, 4.69) is 5.32 Å². The van der Waals surface area contributed by atoms with Gasteiger partial charge in [0, 0.05) is 29.4 Å². The lowest BCUT2D eigenvalue weighted by molar-refractivity contribution is 0.0102. The Kier molecular flexibility index (Phi) is 5.62. The van der Waals surface area contributed by atoms with Gasteiger partial charge < -0.3 is 10.1 Å². The molecule has 1 fully saturated rings. The molecule has 0 spiro atoms. The van der Waals surface area contributed by atoms with Crippen LogP contribution >= 0.6 is 11.6 Å². The number of nitrogens with zero attached hydrogens (tertiary/aromatic N) is 1. The van der Waals surface area contributed by atoms with E-state index in [4.69, 9.17) is 16.3 Å². The molecule has 26 heavy (non-hydrogen) atoms. The largest absolute Gasteiger partial charge is 0.376 e. The molecule has 2 aromatic carbocycles. The summed E-state index contributed by atoms with van der Waals surface area (Å²) < 4.78 is 32.2. The third-order valence-corrected chi connectivity index (χ3v) is 6.19. The molecule has 0 saturated carbocycles. The molecule has 1 amide bonds. The summed E-state index contributed by atoms with van der Waals surface area (Å²) in [4.78, 5) is 12.4. The number of sulfonamides is 1. The standard InChI is InChI=1S/C18H19ClN2O4S/c1-13-12-21(10-11-25-13)26(23,24)17-8-2-14(3-9-17)18(22)20-16-6-4-15(19)5-7-16/h2-9,13H,10-12H2,1H3,(H,20,22). The van der Waals surface area contributed by atoms with E-state index in [9.17, 15) is 13.2 Å². The second-order valence-corrected chi connectivity index (χ2v) is 8.40. The first kappa shape index (κ1) is 18.8. The van der Waals surface area contributed by atoms with Gasteiger partial charge in [0.1, 0.15) is 0 Å². The van der Waals surface area contributed by atoms with E-state index in [0.717, 1.165) is 0 Å². The van der Waals surface area contributed by atoms with Crippen molar-refractivity contribution in [2.45, 2.75) is 17.9 Å². The normalized spacial score (nSPS) is 18.5. The van der Waals surface area contributed by atoms with E-state index in [1.807, 2.05) is 6.92 Å². The molecule has 3 rings (SSSR count). The maximum Gasteiger partial charge on any atom is 0.255 e. The van der Waals surface area contributed by atoms with Gasteiger partial charge in [-0.3, -0.25) is 4.79 Å². The van der Waals surface area contributed by atoms with Crippen LogP contribution in [0.1, 0.15) is 17.3 Å². The number of rotatable bonds is 4. The van der Waals surface area contributed by atoms with Gasteiger partial charge in [-0.05, 0) is 55.5 Å². The summed E-state index contributed by atoms with van der Waals surface area (Å²) >= 11 is 5.82. The molecule has 2 aromatic rings. The molecule has 1 unspecified atom stereocenters. The van der Waals surface area contributed by atoms with Gasteiger partial charge in [0.25, 0.3) is 5.91 Å². The zero-order valence-electron chi connectivity index (χ0n) is 14.2. The molecular formula is C18H19ClN2O4S. The maximum absolute atomic E-state index is 12.7. The van der Waals surface area contributed by atoms with Crippen molar-refractivity contribution < 1.29 is 17.9 Å². The van der Waals surface area contributed by atoms with Crippen molar-refractivity contribution in [1.29, 1.82) is 0 Å². The Labute approximate surface area is 157 Å². The minimum absolute atomic E-state index is 0.136. The second-order valence-electron chi connectivity index (χ2n) is 6.03. The van der Waals surface area contributed by atoms with Gasteiger partial charge in [-0.15, -0.1) is 0 Å². The van der Waals surface area contributed by atoms with E-state index in [-0.39, 0.29) is 16.9 Å². The first-order chi connectivity index (χ1) is 12.4. The summed E-state index contributed by atoms with van der Waals surface area (Å²) in [5.41, 5.74) is 0.979. The SMILES string of the molecule is CC1CN(S(=O)(=O)c2ccc(C(=O)Nc3ccc(Cl)cc3)cc2)CCO1. The highest BCUT2D eigenvalue weighted by Gasteiger charge is 2.29. The summed E-state index contributed by atoms with van der Waals surface area (Å²) in [5, 5.41) is 3.32. The lowest BCUT2D eigenvalue weighted by Crippen LogP contribution is -2.44. The maximum atomic E-state index is 12.7. The van der Waals surface area contributed by atoms with E-state index in [0.29, 0.717) is 36.0 Å². The lowest BCUT2D eigenvalue weighted by Gasteiger charge is -2.30. The van der Waals surface area contributed by atoms with Gasteiger partial charge in [0.15, 0.2) is 0 Å². The zero-order valence-corrected chi connectivity index (χ0v) is 15.8. The molecule has 1 N–H and O–H groups in total. The molecule has 138 valence electrons. The Bertz CT molecular complexity index is 882. The van der Waals surface area contributed by atoms with Crippen molar-refractivity contribution in [1.82, 2.24) is 4.31 Å². The summed E-state index contributed by atoms with van der Waals surface area (Å²) in [7, 11) is -3.59. The topological polar surface area (TPSA) is 75.7 Å². The molecule has 1 aliphatic rings. The van der Waals surface area contributed by atoms with Gasteiger partial charge >= 0.3 is 0 Å². The molecule has 0 radical (unpaired) electrons. The molecule has 1 saturated heterocycles. The lowest BCUT2D eigenvalue weighted by atomic mass is 10.2. The van der Waals surface area contributed by atoms with Gasteiger partial charge in [-0.25, -0.2) is 8.42 Å². The van der Waals surface area contributed by atoms with Crippen LogP contribution in [0, 0.1) is 0 Å². The van der Waals surface area contributed by atoms with Crippen LogP contribution in [0.25, 0.3) is 0 Å². The predicted molar refractivity (Wildman–Crippen MR) is 100 cm³/mol. The molecule has 1 aliphatic heterocycles. The van der Waals surface area contributed by atoms with Crippen LogP contribution in [-0.4, -0.2) is 44.4 Å². The van der Waals surface area contributed by atoms with Crippen molar-refractivity contribution in [3.63, 3.8) is 0 Å². The Morgan fingerprint density at radius 1 is 1.15 bits per heavy atom. The molecule has 1 atom stereocenters. The molecule has 1 heterocycles. The number of nitrogens with one attached hydrogen (secondary N) is 1. The van der Waals surface area contributed by atoms with Crippen LogP contribution in [0.2, 0.25) is 5.02 Å². The zero-order chi connectivity index (χ0) is 18.7. The van der Waals surface area contributed by atoms with Crippen molar-refractivity contribution in [2.24, 2.45) is 0 Å². The minimum atomic E-state index is -3.59. The Morgan fingerprint density at radius 2 is 1.81 bits per heavy atom. The molecule has 0 bridgehead atoms. The van der Waals surface area contributed by atoms with Crippen molar-refractivity contribution in [3.8, 4) is 0 Å².